The van der Waals surface area contributed by atoms with E-state index in [1.165, 1.54) is 31.4 Å². The summed E-state index contributed by atoms with van der Waals surface area (Å²) >= 11 is 0. The Bertz CT molecular complexity index is 1190. The molecule has 1 aliphatic heterocycles. The van der Waals surface area contributed by atoms with Crippen LogP contribution in [0.1, 0.15) is 36.7 Å². The van der Waals surface area contributed by atoms with Crippen LogP contribution in [0.4, 0.5) is 4.79 Å². The number of aryl methyl sites for hydroxylation is 1. The highest BCUT2D eigenvalue weighted by Gasteiger charge is 2.51. The Morgan fingerprint density at radius 1 is 0.974 bits per heavy atom. The summed E-state index contributed by atoms with van der Waals surface area (Å²) in [5, 5.41) is 11.1. The number of aliphatic hydroxyl groups excluding tert-OH is 1. The zero-order valence-corrected chi connectivity index (χ0v) is 22.5. The molecule has 0 saturated carbocycles. The van der Waals surface area contributed by atoms with Crippen LogP contribution in [-0.2, 0) is 38.0 Å². The summed E-state index contributed by atoms with van der Waals surface area (Å²) in [5.74, 6) is -0.789. The van der Waals surface area contributed by atoms with Crippen molar-refractivity contribution in [2.24, 2.45) is 0 Å². The van der Waals surface area contributed by atoms with Crippen LogP contribution in [0.2, 0.25) is 0 Å². The van der Waals surface area contributed by atoms with Crippen LogP contribution in [-0.4, -0.2) is 75.7 Å². The van der Waals surface area contributed by atoms with E-state index in [-0.39, 0.29) is 10.5 Å². The number of rotatable bonds is 8. The summed E-state index contributed by atoms with van der Waals surface area (Å²) in [5.41, 5.74) is 0.132. The predicted octanol–water partition coefficient (Wildman–Crippen LogP) is 2.98. The molecule has 1 saturated heterocycles. The summed E-state index contributed by atoms with van der Waals surface area (Å²) in [4.78, 5) is 25.2. The third-order valence-electron chi connectivity index (χ3n) is 5.42. The van der Waals surface area contributed by atoms with Gasteiger partial charge in [0.25, 0.3) is 10.1 Å². The minimum absolute atomic E-state index is 0.0899. The lowest BCUT2D eigenvalue weighted by atomic mass is 9.98. The molecule has 5 atom stereocenters. The number of hydrogen-bond donors (Lipinski definition) is 1. The van der Waals surface area contributed by atoms with E-state index in [1.807, 2.05) is 0 Å². The molecule has 0 unspecified atom stereocenters. The molecule has 0 aliphatic carbocycles. The van der Waals surface area contributed by atoms with Crippen LogP contribution in [0.5, 0.6) is 0 Å². The summed E-state index contributed by atoms with van der Waals surface area (Å²) in [6.07, 6.45) is -8.51. The minimum atomic E-state index is -4.21. The van der Waals surface area contributed by atoms with Gasteiger partial charge in [-0.1, -0.05) is 35.9 Å². The third kappa shape index (κ3) is 7.74. The molecule has 0 amide bonds. The summed E-state index contributed by atoms with van der Waals surface area (Å²) in [6.45, 7) is 6.01. The number of esters is 1. The maximum absolute atomic E-state index is 12.8. The standard InChI is InChI=1S/C26H32O11S/c1-16-11-13-18(14-12-16)38(30,31)33-15-19-20(27)21(36-25(29)37-26(2,3)4)22(24(32-5)34-19)35-23(28)17-9-7-6-8-10-17/h6-14,19-22,24,27H,15H2,1-5H3/t19-,20-,21+,22-,24+/m1/s1. The van der Waals surface area contributed by atoms with Gasteiger partial charge in [0, 0.05) is 7.11 Å². The predicted molar refractivity (Wildman–Crippen MR) is 133 cm³/mol. The molecule has 1 N–H and O–H groups in total. The fourth-order valence-electron chi connectivity index (χ4n) is 3.56. The van der Waals surface area contributed by atoms with Gasteiger partial charge >= 0.3 is 12.1 Å². The van der Waals surface area contributed by atoms with Crippen molar-refractivity contribution in [3.8, 4) is 0 Å². The molecule has 3 rings (SSSR count). The first-order chi connectivity index (χ1) is 17.8. The molecule has 11 nitrogen and oxygen atoms in total. The number of ether oxygens (including phenoxy) is 5. The van der Waals surface area contributed by atoms with E-state index in [0.717, 1.165) is 5.56 Å². The second-order valence-electron chi connectivity index (χ2n) is 9.60. The van der Waals surface area contributed by atoms with Crippen LogP contribution in [0.3, 0.4) is 0 Å². The van der Waals surface area contributed by atoms with Crippen LogP contribution < -0.4 is 0 Å². The fourth-order valence-corrected chi connectivity index (χ4v) is 4.48. The highest BCUT2D eigenvalue weighted by atomic mass is 32.2. The van der Waals surface area contributed by atoms with Crippen molar-refractivity contribution < 1.29 is 51.0 Å². The van der Waals surface area contributed by atoms with E-state index in [0.29, 0.717) is 0 Å². The Kier molecular flexibility index (Phi) is 9.49. The summed E-state index contributed by atoms with van der Waals surface area (Å²) in [6, 6.07) is 14.0. The average Bonchev–Trinajstić information content (AvgIpc) is 2.85. The van der Waals surface area contributed by atoms with E-state index in [4.69, 9.17) is 27.9 Å². The van der Waals surface area contributed by atoms with Gasteiger partial charge in [0.15, 0.2) is 18.5 Å². The monoisotopic (exact) mass is 552 g/mol. The molecule has 1 heterocycles. The Balaban J connectivity index is 1.83. The molecular weight excluding hydrogens is 520 g/mol. The Hall–Kier alpha value is -3.03. The number of carbonyl (C=O) groups is 2. The van der Waals surface area contributed by atoms with Gasteiger partial charge in [0.2, 0.25) is 0 Å². The lowest BCUT2D eigenvalue weighted by molar-refractivity contribution is -0.293. The molecule has 0 aromatic heterocycles. The molecule has 2 aromatic carbocycles. The molecule has 0 radical (unpaired) electrons. The fraction of sp³-hybridized carbons (Fsp3) is 0.462. The Morgan fingerprint density at radius 3 is 2.18 bits per heavy atom. The van der Waals surface area contributed by atoms with Crippen molar-refractivity contribution in [2.45, 2.75) is 68.9 Å². The number of aliphatic hydroxyl groups is 1. The third-order valence-corrected chi connectivity index (χ3v) is 6.72. The zero-order chi connectivity index (χ0) is 28.1. The molecule has 1 aliphatic rings. The van der Waals surface area contributed by atoms with Crippen LogP contribution >= 0.6 is 0 Å². The number of benzene rings is 2. The topological polar surface area (TPSA) is 144 Å². The molecule has 2 aromatic rings. The average molecular weight is 553 g/mol. The van der Waals surface area contributed by atoms with E-state index in [2.05, 4.69) is 0 Å². The van der Waals surface area contributed by atoms with Crippen LogP contribution in [0, 0.1) is 6.92 Å². The van der Waals surface area contributed by atoms with Crippen molar-refractivity contribution in [1.82, 2.24) is 0 Å². The highest BCUT2D eigenvalue weighted by molar-refractivity contribution is 7.86. The van der Waals surface area contributed by atoms with Gasteiger partial charge < -0.3 is 28.8 Å². The van der Waals surface area contributed by atoms with Crippen molar-refractivity contribution >= 4 is 22.2 Å². The lowest BCUT2D eigenvalue weighted by Crippen LogP contribution is -2.62. The van der Waals surface area contributed by atoms with Crippen molar-refractivity contribution in [3.05, 3.63) is 65.7 Å². The molecule has 208 valence electrons. The van der Waals surface area contributed by atoms with E-state index >= 15 is 0 Å². The first-order valence-electron chi connectivity index (χ1n) is 11.8. The first-order valence-corrected chi connectivity index (χ1v) is 13.2. The molecular formula is C26H32O11S. The summed E-state index contributed by atoms with van der Waals surface area (Å²) < 4.78 is 57.5. The molecule has 0 spiro atoms. The number of hydrogen-bond acceptors (Lipinski definition) is 11. The van der Waals surface area contributed by atoms with Crippen molar-refractivity contribution in [2.75, 3.05) is 13.7 Å². The SMILES string of the molecule is CO[C@H]1O[C@H](COS(=O)(=O)c2ccc(C)cc2)[C@@H](O)[C@H](OC(=O)OC(C)(C)C)[C@H]1OC(=O)c1ccccc1. The normalized spacial score (nSPS) is 23.9. The summed E-state index contributed by atoms with van der Waals surface area (Å²) in [7, 11) is -2.96. The first kappa shape index (κ1) is 29.5. The molecule has 0 bridgehead atoms. The minimum Gasteiger partial charge on any atom is -0.449 e. The molecule has 1 fully saturated rings. The van der Waals surface area contributed by atoms with Gasteiger partial charge in [-0.05, 0) is 52.0 Å². The number of carbonyl (C=O) groups excluding carboxylic acids is 2. The Morgan fingerprint density at radius 2 is 1.61 bits per heavy atom. The van der Waals surface area contributed by atoms with Gasteiger partial charge in [-0.25, -0.2) is 9.59 Å². The van der Waals surface area contributed by atoms with E-state index in [1.54, 1.807) is 58.0 Å². The van der Waals surface area contributed by atoms with E-state index < -0.39 is 65.2 Å². The van der Waals surface area contributed by atoms with Gasteiger partial charge in [-0.2, -0.15) is 8.42 Å². The second-order valence-corrected chi connectivity index (χ2v) is 11.2. The maximum Gasteiger partial charge on any atom is 0.509 e. The number of methoxy groups -OCH3 is 1. The van der Waals surface area contributed by atoms with E-state index in [9.17, 15) is 23.1 Å². The van der Waals surface area contributed by atoms with Gasteiger partial charge in [0.1, 0.15) is 17.8 Å². The van der Waals surface area contributed by atoms with Crippen molar-refractivity contribution in [1.29, 1.82) is 0 Å². The van der Waals surface area contributed by atoms with Crippen LogP contribution in [0.25, 0.3) is 0 Å². The smallest absolute Gasteiger partial charge is 0.449 e. The van der Waals surface area contributed by atoms with Crippen molar-refractivity contribution in [3.63, 3.8) is 0 Å². The zero-order valence-electron chi connectivity index (χ0n) is 21.7. The van der Waals surface area contributed by atoms with Gasteiger partial charge in [0.05, 0.1) is 17.1 Å². The van der Waals surface area contributed by atoms with Gasteiger partial charge in [-0.15, -0.1) is 0 Å². The maximum atomic E-state index is 12.8. The molecule has 38 heavy (non-hydrogen) atoms. The lowest BCUT2D eigenvalue weighted by Gasteiger charge is -2.42. The van der Waals surface area contributed by atoms with Gasteiger partial charge in [-0.3, -0.25) is 4.18 Å². The highest BCUT2D eigenvalue weighted by Crippen LogP contribution is 2.29. The van der Waals surface area contributed by atoms with Crippen LogP contribution in [0.15, 0.2) is 59.5 Å². The largest absolute Gasteiger partial charge is 0.509 e. The Labute approximate surface area is 221 Å². The second kappa shape index (κ2) is 12.2. The molecule has 12 heteroatoms. The quantitative estimate of drug-likeness (QED) is 0.381.